The molecular formula is C42H26N4O. The van der Waals surface area contributed by atoms with Crippen molar-refractivity contribution in [2.24, 2.45) is 0 Å². The Morgan fingerprint density at radius 2 is 0.872 bits per heavy atom. The van der Waals surface area contributed by atoms with Gasteiger partial charge in [0.2, 0.25) is 5.71 Å². The summed E-state index contributed by atoms with van der Waals surface area (Å²) in [5, 5.41) is 4.08. The monoisotopic (exact) mass is 602 g/mol. The minimum atomic E-state index is 0.544. The molecule has 0 unspecified atom stereocenters. The van der Waals surface area contributed by atoms with Crippen LogP contribution < -0.4 is 0 Å². The number of hydrogen-bond acceptors (Lipinski definition) is 5. The number of hydrogen-bond donors (Lipinski definition) is 0. The van der Waals surface area contributed by atoms with Crippen LogP contribution in [0.15, 0.2) is 162 Å². The van der Waals surface area contributed by atoms with Crippen LogP contribution >= 0.6 is 0 Å². The van der Waals surface area contributed by atoms with E-state index in [0.717, 1.165) is 66.2 Å². The summed E-state index contributed by atoms with van der Waals surface area (Å²) >= 11 is 0. The van der Waals surface area contributed by atoms with Crippen molar-refractivity contribution in [3.8, 4) is 56.5 Å². The summed E-state index contributed by atoms with van der Waals surface area (Å²) in [5.74, 6) is 1.75. The van der Waals surface area contributed by atoms with E-state index in [1.807, 2.05) is 60.7 Å². The molecule has 0 atom stereocenters. The SMILES string of the molecule is c1ccc(-c2ccc(-c3nc(-c4ccccc4)nc(-c4cc(-c5ccccc5)nc5oc6cc7ccccc7cc6c45)n3)cc2)cc1. The van der Waals surface area contributed by atoms with E-state index in [0.29, 0.717) is 23.2 Å². The van der Waals surface area contributed by atoms with Crippen molar-refractivity contribution in [3.63, 3.8) is 0 Å². The second kappa shape index (κ2) is 11.2. The fourth-order valence-corrected chi connectivity index (χ4v) is 6.18. The Balaban J connectivity index is 1.31. The van der Waals surface area contributed by atoms with Gasteiger partial charge in [0.25, 0.3) is 0 Å². The van der Waals surface area contributed by atoms with Gasteiger partial charge in [-0.1, -0.05) is 140 Å². The van der Waals surface area contributed by atoms with Crippen LogP contribution in [0.4, 0.5) is 0 Å². The first-order valence-corrected chi connectivity index (χ1v) is 15.6. The Hall–Kier alpha value is -6.46. The van der Waals surface area contributed by atoms with Crippen LogP contribution in [0.1, 0.15) is 0 Å². The van der Waals surface area contributed by atoms with Gasteiger partial charge >= 0.3 is 0 Å². The van der Waals surface area contributed by atoms with Gasteiger partial charge in [-0.2, -0.15) is 0 Å². The summed E-state index contributed by atoms with van der Waals surface area (Å²) in [6.45, 7) is 0. The average molecular weight is 603 g/mol. The number of furan rings is 1. The third kappa shape index (κ3) is 4.91. The highest BCUT2D eigenvalue weighted by Crippen LogP contribution is 2.39. The normalized spacial score (nSPS) is 11.4. The lowest BCUT2D eigenvalue weighted by Gasteiger charge is -2.11. The maximum Gasteiger partial charge on any atom is 0.228 e. The smallest absolute Gasteiger partial charge is 0.228 e. The Bertz CT molecular complexity index is 2540. The predicted octanol–water partition coefficient (Wildman–Crippen LogP) is 10.7. The Labute approximate surface area is 270 Å². The Morgan fingerprint density at radius 1 is 0.383 bits per heavy atom. The number of fused-ring (bicyclic) bond motifs is 4. The fourth-order valence-electron chi connectivity index (χ4n) is 6.18. The number of pyridine rings is 1. The van der Waals surface area contributed by atoms with E-state index >= 15 is 0 Å². The first kappa shape index (κ1) is 26.9. The number of benzene rings is 6. The highest BCUT2D eigenvalue weighted by molar-refractivity contribution is 6.14. The predicted molar refractivity (Wildman–Crippen MR) is 190 cm³/mol. The molecule has 0 fully saturated rings. The summed E-state index contributed by atoms with van der Waals surface area (Å²) in [5.41, 5.74) is 8.03. The van der Waals surface area contributed by atoms with Gasteiger partial charge in [-0.3, -0.25) is 0 Å². The van der Waals surface area contributed by atoms with Crippen molar-refractivity contribution in [3.05, 3.63) is 158 Å². The largest absolute Gasteiger partial charge is 0.438 e. The van der Waals surface area contributed by atoms with Gasteiger partial charge in [-0.05, 0) is 40.1 Å². The van der Waals surface area contributed by atoms with Crippen molar-refractivity contribution >= 4 is 32.8 Å². The van der Waals surface area contributed by atoms with E-state index in [2.05, 4.69) is 97.1 Å². The molecule has 5 heteroatoms. The molecule has 0 saturated carbocycles. The number of rotatable bonds is 5. The van der Waals surface area contributed by atoms with E-state index in [9.17, 15) is 0 Å². The van der Waals surface area contributed by atoms with Gasteiger partial charge in [0.15, 0.2) is 17.5 Å². The molecule has 220 valence electrons. The molecule has 0 aliphatic rings. The summed E-state index contributed by atoms with van der Waals surface area (Å²) < 4.78 is 6.49. The molecule has 0 spiro atoms. The van der Waals surface area contributed by atoms with E-state index < -0.39 is 0 Å². The molecule has 5 nitrogen and oxygen atoms in total. The number of aromatic nitrogens is 4. The van der Waals surface area contributed by atoms with Gasteiger partial charge in [-0.15, -0.1) is 0 Å². The van der Waals surface area contributed by atoms with Gasteiger partial charge < -0.3 is 4.42 Å². The second-order valence-corrected chi connectivity index (χ2v) is 11.5. The Kier molecular flexibility index (Phi) is 6.39. The van der Waals surface area contributed by atoms with E-state index in [1.165, 1.54) is 0 Å². The molecule has 6 aromatic carbocycles. The molecule has 0 aliphatic heterocycles. The van der Waals surface area contributed by atoms with Crippen LogP contribution in [-0.4, -0.2) is 19.9 Å². The topological polar surface area (TPSA) is 64.7 Å². The van der Waals surface area contributed by atoms with Gasteiger partial charge in [0.05, 0.1) is 11.1 Å². The summed E-state index contributed by atoms with van der Waals surface area (Å²) in [6, 6.07) is 53.6. The molecule has 47 heavy (non-hydrogen) atoms. The molecule has 0 amide bonds. The summed E-state index contributed by atoms with van der Waals surface area (Å²) in [6.07, 6.45) is 0. The van der Waals surface area contributed by atoms with Crippen molar-refractivity contribution in [1.29, 1.82) is 0 Å². The van der Waals surface area contributed by atoms with Crippen molar-refractivity contribution < 1.29 is 4.42 Å². The maximum atomic E-state index is 6.49. The van der Waals surface area contributed by atoms with Gasteiger partial charge in [0, 0.05) is 27.6 Å². The summed E-state index contributed by atoms with van der Waals surface area (Å²) in [7, 11) is 0. The Morgan fingerprint density at radius 3 is 1.53 bits per heavy atom. The average Bonchev–Trinajstić information content (AvgIpc) is 3.51. The van der Waals surface area contributed by atoms with Crippen molar-refractivity contribution in [2.75, 3.05) is 0 Å². The minimum absolute atomic E-state index is 0.544. The van der Waals surface area contributed by atoms with Crippen LogP contribution in [0.3, 0.4) is 0 Å². The van der Waals surface area contributed by atoms with Crippen LogP contribution in [0.25, 0.3) is 89.4 Å². The zero-order valence-corrected chi connectivity index (χ0v) is 25.2. The zero-order valence-electron chi connectivity index (χ0n) is 25.2. The lowest BCUT2D eigenvalue weighted by Crippen LogP contribution is -2.01. The maximum absolute atomic E-state index is 6.49. The first-order valence-electron chi connectivity index (χ1n) is 15.6. The highest BCUT2D eigenvalue weighted by Gasteiger charge is 2.21. The lowest BCUT2D eigenvalue weighted by molar-refractivity contribution is 0.655. The summed E-state index contributed by atoms with van der Waals surface area (Å²) in [4.78, 5) is 20.3. The first-order chi connectivity index (χ1) is 23.3. The fraction of sp³-hybridized carbons (Fsp3) is 0. The molecule has 9 aromatic rings. The van der Waals surface area contributed by atoms with E-state index in [-0.39, 0.29) is 0 Å². The number of nitrogens with zero attached hydrogens (tertiary/aromatic N) is 4. The van der Waals surface area contributed by atoms with E-state index in [1.54, 1.807) is 0 Å². The minimum Gasteiger partial charge on any atom is -0.438 e. The third-order valence-corrected chi connectivity index (χ3v) is 8.54. The molecule has 0 aliphatic carbocycles. The highest BCUT2D eigenvalue weighted by atomic mass is 16.3. The second-order valence-electron chi connectivity index (χ2n) is 11.5. The quantitative estimate of drug-likeness (QED) is 0.196. The third-order valence-electron chi connectivity index (χ3n) is 8.54. The zero-order chi connectivity index (χ0) is 31.2. The molecule has 3 aromatic heterocycles. The molecule has 0 bridgehead atoms. The molecule has 0 saturated heterocycles. The van der Waals surface area contributed by atoms with Crippen LogP contribution in [-0.2, 0) is 0 Å². The molecule has 0 N–H and O–H groups in total. The van der Waals surface area contributed by atoms with Crippen LogP contribution in [0, 0.1) is 0 Å². The van der Waals surface area contributed by atoms with Crippen molar-refractivity contribution in [2.45, 2.75) is 0 Å². The molecular weight excluding hydrogens is 576 g/mol. The standard InChI is InChI=1S/C42H26N4O/c1-4-12-27(13-5-1)28-20-22-31(23-21-28)40-44-39(30-16-8-3-9-17-30)45-41(46-40)35-26-36(29-14-6-2-7-15-29)43-42-38(35)34-24-32-18-10-11-19-33(32)25-37(34)47-42/h1-26H. The van der Waals surface area contributed by atoms with Gasteiger partial charge in [-0.25, -0.2) is 19.9 Å². The van der Waals surface area contributed by atoms with Gasteiger partial charge in [0.1, 0.15) is 5.58 Å². The van der Waals surface area contributed by atoms with Crippen molar-refractivity contribution in [1.82, 2.24) is 19.9 Å². The molecule has 3 heterocycles. The lowest BCUT2D eigenvalue weighted by atomic mass is 10.0. The molecule has 9 rings (SSSR count). The van der Waals surface area contributed by atoms with Crippen LogP contribution in [0.5, 0.6) is 0 Å². The van der Waals surface area contributed by atoms with E-state index in [4.69, 9.17) is 24.4 Å². The van der Waals surface area contributed by atoms with Crippen LogP contribution in [0.2, 0.25) is 0 Å². The molecule has 0 radical (unpaired) electrons.